The number of non-ortho nitro benzene ring substituents is 1. The molecular weight excluding hydrogens is 400 g/mol. The Hall–Kier alpha value is -4.47. The van der Waals surface area contributed by atoms with Crippen molar-refractivity contribution in [3.63, 3.8) is 0 Å². The first-order valence-corrected chi connectivity index (χ1v) is 9.40. The smallest absolute Gasteiger partial charge is 0.269 e. The van der Waals surface area contributed by atoms with E-state index in [-0.39, 0.29) is 11.6 Å². The maximum absolute atomic E-state index is 12.6. The fourth-order valence-corrected chi connectivity index (χ4v) is 2.86. The number of anilines is 1. The number of aromatic nitrogens is 4. The van der Waals surface area contributed by atoms with E-state index in [9.17, 15) is 14.9 Å². The molecule has 0 radical (unpaired) electrons. The van der Waals surface area contributed by atoms with E-state index in [1.165, 1.54) is 23.0 Å². The second-order valence-electron chi connectivity index (χ2n) is 6.55. The molecule has 156 valence electrons. The third kappa shape index (κ3) is 4.93. The quantitative estimate of drug-likeness (QED) is 0.347. The molecule has 1 amide bonds. The van der Waals surface area contributed by atoms with Gasteiger partial charge in [-0.1, -0.05) is 6.07 Å². The first-order chi connectivity index (χ1) is 15.1. The van der Waals surface area contributed by atoms with Crippen LogP contribution in [0.1, 0.15) is 10.4 Å². The number of nitrogens with one attached hydrogen (secondary N) is 1. The topological polar surface area (TPSA) is 117 Å². The average Bonchev–Trinajstić information content (AvgIpc) is 3.47. The molecule has 2 heterocycles. The van der Waals surface area contributed by atoms with E-state index < -0.39 is 4.92 Å². The number of nitro groups is 1. The number of nitrogens with zero attached hydrogens (tertiary/aromatic N) is 5. The van der Waals surface area contributed by atoms with Gasteiger partial charge in [0.25, 0.3) is 11.6 Å². The molecule has 10 heteroatoms. The molecule has 0 fully saturated rings. The molecule has 4 rings (SSSR count). The van der Waals surface area contributed by atoms with Crippen LogP contribution in [0.4, 0.5) is 11.4 Å². The molecule has 0 saturated heterocycles. The molecule has 0 aliphatic rings. The SMILES string of the molecule is O=C(Nc1cccc(OCCn2cccn2)c1)c1cnn(-c2ccc([N+](=O)[O-])cc2)c1. The van der Waals surface area contributed by atoms with E-state index in [0.29, 0.717) is 35.8 Å². The van der Waals surface area contributed by atoms with Crippen molar-refractivity contribution in [1.82, 2.24) is 19.6 Å². The van der Waals surface area contributed by atoms with Gasteiger partial charge in [-0.2, -0.15) is 10.2 Å². The summed E-state index contributed by atoms with van der Waals surface area (Å²) in [7, 11) is 0. The van der Waals surface area contributed by atoms with Gasteiger partial charge < -0.3 is 10.1 Å². The standard InChI is InChI=1S/C21H18N6O4/c28-21(16-14-23-26(15-16)18-5-7-19(8-6-18)27(29)30)24-17-3-1-4-20(13-17)31-12-11-25-10-2-9-22-25/h1-10,13-15H,11-12H2,(H,24,28). The number of nitro benzene ring substituents is 1. The highest BCUT2D eigenvalue weighted by Gasteiger charge is 2.11. The third-order valence-electron chi connectivity index (χ3n) is 4.41. The molecular formula is C21H18N6O4. The highest BCUT2D eigenvalue weighted by Crippen LogP contribution is 2.19. The highest BCUT2D eigenvalue weighted by molar-refractivity contribution is 6.04. The van der Waals surface area contributed by atoms with Crippen molar-refractivity contribution in [3.05, 3.63) is 95.1 Å². The van der Waals surface area contributed by atoms with Crippen molar-refractivity contribution in [1.29, 1.82) is 0 Å². The van der Waals surface area contributed by atoms with Gasteiger partial charge in [0, 0.05) is 42.5 Å². The lowest BCUT2D eigenvalue weighted by Crippen LogP contribution is -2.11. The molecule has 0 unspecified atom stereocenters. The Morgan fingerprint density at radius 2 is 1.97 bits per heavy atom. The van der Waals surface area contributed by atoms with E-state index in [1.807, 2.05) is 18.3 Å². The number of amides is 1. The number of carbonyl (C=O) groups excluding carboxylic acids is 1. The van der Waals surface area contributed by atoms with Crippen LogP contribution in [0.3, 0.4) is 0 Å². The molecule has 1 N–H and O–H groups in total. The maximum Gasteiger partial charge on any atom is 0.269 e. The van der Waals surface area contributed by atoms with Crippen molar-refractivity contribution >= 4 is 17.3 Å². The normalized spacial score (nSPS) is 10.6. The first kappa shape index (κ1) is 19.8. The van der Waals surface area contributed by atoms with E-state index in [4.69, 9.17) is 4.74 Å². The van der Waals surface area contributed by atoms with Gasteiger partial charge in [-0.15, -0.1) is 0 Å². The molecule has 31 heavy (non-hydrogen) atoms. The number of benzene rings is 2. The first-order valence-electron chi connectivity index (χ1n) is 9.40. The summed E-state index contributed by atoms with van der Waals surface area (Å²) in [6.45, 7) is 1.06. The minimum atomic E-state index is -0.471. The summed E-state index contributed by atoms with van der Waals surface area (Å²) in [5, 5.41) is 21.9. The lowest BCUT2D eigenvalue weighted by Gasteiger charge is -2.09. The van der Waals surface area contributed by atoms with Crippen molar-refractivity contribution in [2.45, 2.75) is 6.54 Å². The van der Waals surface area contributed by atoms with Crippen LogP contribution in [-0.2, 0) is 6.54 Å². The summed E-state index contributed by atoms with van der Waals surface area (Å²) in [5.74, 6) is 0.299. The molecule has 0 aliphatic carbocycles. The summed E-state index contributed by atoms with van der Waals surface area (Å²) < 4.78 is 8.97. The zero-order valence-corrected chi connectivity index (χ0v) is 16.3. The Morgan fingerprint density at radius 3 is 2.71 bits per heavy atom. The van der Waals surface area contributed by atoms with Crippen LogP contribution in [0.2, 0.25) is 0 Å². The van der Waals surface area contributed by atoms with Crippen LogP contribution in [0.25, 0.3) is 5.69 Å². The number of carbonyl (C=O) groups is 1. The predicted molar refractivity (Wildman–Crippen MR) is 112 cm³/mol. The number of hydrogen-bond donors (Lipinski definition) is 1. The van der Waals surface area contributed by atoms with E-state index in [1.54, 1.807) is 47.4 Å². The zero-order valence-electron chi connectivity index (χ0n) is 16.3. The van der Waals surface area contributed by atoms with Crippen molar-refractivity contribution in [3.8, 4) is 11.4 Å². The van der Waals surface area contributed by atoms with Crippen LogP contribution in [0.15, 0.2) is 79.4 Å². The minimum absolute atomic E-state index is 0.0133. The van der Waals surface area contributed by atoms with E-state index in [2.05, 4.69) is 15.5 Å². The summed E-state index contributed by atoms with van der Waals surface area (Å²) in [6.07, 6.45) is 6.55. The second-order valence-corrected chi connectivity index (χ2v) is 6.55. The number of ether oxygens (including phenoxy) is 1. The largest absolute Gasteiger partial charge is 0.492 e. The molecule has 2 aromatic heterocycles. The van der Waals surface area contributed by atoms with Crippen molar-refractivity contribution < 1.29 is 14.5 Å². The summed E-state index contributed by atoms with van der Waals surface area (Å²) in [6, 6.07) is 14.8. The summed E-state index contributed by atoms with van der Waals surface area (Å²) in [4.78, 5) is 22.9. The molecule has 0 atom stereocenters. The minimum Gasteiger partial charge on any atom is -0.492 e. The van der Waals surface area contributed by atoms with Gasteiger partial charge in [0.15, 0.2) is 0 Å². The monoisotopic (exact) mass is 418 g/mol. The molecule has 4 aromatic rings. The Balaban J connectivity index is 1.37. The molecule has 2 aromatic carbocycles. The fourth-order valence-electron chi connectivity index (χ4n) is 2.86. The number of rotatable bonds is 8. The molecule has 0 spiro atoms. The molecule has 10 nitrogen and oxygen atoms in total. The van der Waals surface area contributed by atoms with Crippen LogP contribution in [0.5, 0.6) is 5.75 Å². The summed E-state index contributed by atoms with van der Waals surface area (Å²) >= 11 is 0. The lowest BCUT2D eigenvalue weighted by molar-refractivity contribution is -0.384. The van der Waals surface area contributed by atoms with E-state index >= 15 is 0 Å². The fraction of sp³-hybridized carbons (Fsp3) is 0.0952. The van der Waals surface area contributed by atoms with Gasteiger partial charge in [-0.05, 0) is 30.3 Å². The Kier molecular flexibility index (Phi) is 5.70. The highest BCUT2D eigenvalue weighted by atomic mass is 16.6. The van der Waals surface area contributed by atoms with Gasteiger partial charge >= 0.3 is 0 Å². The van der Waals surface area contributed by atoms with Crippen LogP contribution >= 0.6 is 0 Å². The van der Waals surface area contributed by atoms with Crippen LogP contribution < -0.4 is 10.1 Å². The van der Waals surface area contributed by atoms with Crippen molar-refractivity contribution in [2.24, 2.45) is 0 Å². The maximum atomic E-state index is 12.6. The Morgan fingerprint density at radius 1 is 1.13 bits per heavy atom. The average molecular weight is 418 g/mol. The lowest BCUT2D eigenvalue weighted by atomic mass is 10.2. The van der Waals surface area contributed by atoms with Crippen LogP contribution in [-0.4, -0.2) is 37.0 Å². The zero-order chi connectivity index (χ0) is 21.6. The Bertz CT molecular complexity index is 1180. The Labute approximate surface area is 176 Å². The van der Waals surface area contributed by atoms with Gasteiger partial charge in [0.1, 0.15) is 12.4 Å². The van der Waals surface area contributed by atoms with E-state index in [0.717, 1.165) is 0 Å². The van der Waals surface area contributed by atoms with Crippen molar-refractivity contribution in [2.75, 3.05) is 11.9 Å². The molecule has 0 saturated carbocycles. The second kappa shape index (κ2) is 8.91. The van der Waals surface area contributed by atoms with Crippen LogP contribution in [0, 0.1) is 10.1 Å². The third-order valence-corrected chi connectivity index (χ3v) is 4.41. The molecule has 0 bridgehead atoms. The number of hydrogen-bond acceptors (Lipinski definition) is 6. The van der Waals surface area contributed by atoms with Gasteiger partial charge in [-0.25, -0.2) is 4.68 Å². The van der Waals surface area contributed by atoms with Gasteiger partial charge in [0.2, 0.25) is 0 Å². The summed E-state index contributed by atoms with van der Waals surface area (Å²) in [5.41, 5.74) is 1.53. The predicted octanol–water partition coefficient (Wildman–Crippen LogP) is 3.31. The van der Waals surface area contributed by atoms with Gasteiger partial charge in [0.05, 0.1) is 28.9 Å². The van der Waals surface area contributed by atoms with Gasteiger partial charge in [-0.3, -0.25) is 19.6 Å². The molecule has 0 aliphatic heterocycles.